The molecule has 0 radical (unpaired) electrons. The van der Waals surface area contributed by atoms with Crippen molar-refractivity contribution < 1.29 is 9.59 Å². The molecule has 4 heteroatoms. The molecular weight excluding hydrogens is 366 g/mol. The van der Waals surface area contributed by atoms with Crippen molar-refractivity contribution in [3.63, 3.8) is 0 Å². The molecule has 0 bridgehead atoms. The van der Waals surface area contributed by atoms with Crippen molar-refractivity contribution in [2.45, 2.75) is 90.9 Å². The molecule has 1 aliphatic rings. The second kappa shape index (κ2) is 10.5. The van der Waals surface area contributed by atoms with Crippen molar-refractivity contribution in [2.24, 2.45) is 17.3 Å². The van der Waals surface area contributed by atoms with E-state index < -0.39 is 0 Å². The van der Waals surface area contributed by atoms with Gasteiger partial charge < -0.3 is 5.32 Å². The van der Waals surface area contributed by atoms with Crippen molar-refractivity contribution in [2.75, 3.05) is 5.32 Å². The fraction of sp³-hybridized carbons (Fsp3) is 0.667. The number of carbonyl (C=O) groups is 2. The van der Waals surface area contributed by atoms with Crippen LogP contribution < -0.4 is 5.32 Å². The number of aryl methyl sites for hydroxylation is 1. The van der Waals surface area contributed by atoms with Crippen molar-refractivity contribution in [1.82, 2.24) is 0 Å². The van der Waals surface area contributed by atoms with E-state index in [0.29, 0.717) is 5.92 Å². The number of benzene rings is 1. The lowest BCUT2D eigenvalue weighted by molar-refractivity contribution is -0.128. The molecule has 1 amide bonds. The van der Waals surface area contributed by atoms with Crippen LogP contribution in [0.4, 0.5) is 5.69 Å². The topological polar surface area (TPSA) is 46.2 Å². The minimum atomic E-state index is -0.260. The number of carbonyl (C=O) groups excluding carboxylic acids is 2. The number of nitrogens with one attached hydrogen (secondary N) is 1. The van der Waals surface area contributed by atoms with Gasteiger partial charge in [-0.15, -0.1) is 0 Å². The third-order valence-electron chi connectivity index (χ3n) is 6.19. The third-order valence-corrected chi connectivity index (χ3v) is 7.42. The molecule has 2 rings (SSSR count). The van der Waals surface area contributed by atoms with Crippen LogP contribution in [0.25, 0.3) is 0 Å². The molecule has 1 aromatic carbocycles. The first-order chi connectivity index (χ1) is 13.3. The summed E-state index contributed by atoms with van der Waals surface area (Å²) in [6.07, 6.45) is 8.69. The van der Waals surface area contributed by atoms with Gasteiger partial charge in [0.25, 0.3) is 0 Å². The van der Waals surface area contributed by atoms with E-state index in [1.165, 1.54) is 18.2 Å². The van der Waals surface area contributed by atoms with Crippen LogP contribution in [-0.4, -0.2) is 11.0 Å². The second-order valence-corrected chi connectivity index (χ2v) is 9.80. The zero-order chi connectivity index (χ0) is 20.7. The first kappa shape index (κ1) is 23.0. The highest BCUT2D eigenvalue weighted by atomic mass is 32.2. The first-order valence-electron chi connectivity index (χ1n) is 10.9. The van der Waals surface area contributed by atoms with E-state index >= 15 is 0 Å². The average molecular weight is 404 g/mol. The molecule has 0 atom stereocenters. The van der Waals surface area contributed by atoms with Crippen LogP contribution in [-0.2, 0) is 9.59 Å². The van der Waals surface area contributed by atoms with Gasteiger partial charge in [0.05, 0.1) is 5.69 Å². The molecule has 1 aromatic rings. The van der Waals surface area contributed by atoms with Gasteiger partial charge in [0, 0.05) is 16.2 Å². The van der Waals surface area contributed by atoms with E-state index in [0.717, 1.165) is 61.1 Å². The fourth-order valence-corrected chi connectivity index (χ4v) is 5.11. The zero-order valence-corrected chi connectivity index (χ0v) is 19.1. The predicted molar refractivity (Wildman–Crippen MR) is 120 cm³/mol. The molecule has 0 aliphatic heterocycles. The second-order valence-electron chi connectivity index (χ2n) is 8.76. The van der Waals surface area contributed by atoms with Crippen LogP contribution in [0.2, 0.25) is 0 Å². The van der Waals surface area contributed by atoms with Gasteiger partial charge in [0.2, 0.25) is 5.91 Å². The van der Waals surface area contributed by atoms with Gasteiger partial charge in [-0.1, -0.05) is 65.9 Å². The Kier molecular flexibility index (Phi) is 8.60. The van der Waals surface area contributed by atoms with E-state index in [4.69, 9.17) is 0 Å². The number of rotatable bonds is 8. The maximum Gasteiger partial charge on any atom is 0.230 e. The zero-order valence-electron chi connectivity index (χ0n) is 18.3. The highest BCUT2D eigenvalue weighted by Gasteiger charge is 2.40. The highest BCUT2D eigenvalue weighted by Crippen LogP contribution is 2.44. The molecule has 0 heterocycles. The smallest absolute Gasteiger partial charge is 0.230 e. The summed E-state index contributed by atoms with van der Waals surface area (Å²) in [6, 6.07) is 5.97. The van der Waals surface area contributed by atoms with Gasteiger partial charge in [-0.05, 0) is 61.6 Å². The molecule has 0 saturated heterocycles. The Morgan fingerprint density at radius 3 is 2.32 bits per heavy atom. The summed E-state index contributed by atoms with van der Waals surface area (Å²) in [6.45, 7) is 10.3. The minimum Gasteiger partial charge on any atom is -0.325 e. The average Bonchev–Trinajstić information content (AvgIpc) is 2.68. The predicted octanol–water partition coefficient (Wildman–Crippen LogP) is 6.99. The number of thioether (sulfide) groups is 1. The van der Waals surface area contributed by atoms with Gasteiger partial charge in [-0.25, -0.2) is 0 Å². The van der Waals surface area contributed by atoms with Gasteiger partial charge in [-0.3, -0.25) is 9.59 Å². The van der Waals surface area contributed by atoms with Crippen LogP contribution >= 0.6 is 11.8 Å². The van der Waals surface area contributed by atoms with Crippen LogP contribution in [0.5, 0.6) is 0 Å². The number of anilines is 1. The van der Waals surface area contributed by atoms with Gasteiger partial charge in [0.15, 0.2) is 5.12 Å². The van der Waals surface area contributed by atoms with Gasteiger partial charge in [-0.2, -0.15) is 0 Å². The van der Waals surface area contributed by atoms with E-state index in [2.05, 4.69) is 19.2 Å². The lowest BCUT2D eigenvalue weighted by Crippen LogP contribution is -2.39. The standard InChI is InChI=1S/C24H37NO2S/c1-6-19(7-2)16-24(13-9-8-10-14-24)23(27)25-20-12-11-18(5)15-21(20)28-22(26)17(3)4/h11-12,15,17,19H,6-10,13-14,16H2,1-5H3,(H,25,27). The summed E-state index contributed by atoms with van der Waals surface area (Å²) in [5.74, 6) is 0.716. The summed E-state index contributed by atoms with van der Waals surface area (Å²) >= 11 is 1.25. The Hall–Kier alpha value is -1.29. The molecule has 0 aromatic heterocycles. The summed E-state index contributed by atoms with van der Waals surface area (Å²) in [7, 11) is 0. The Morgan fingerprint density at radius 1 is 1.11 bits per heavy atom. The van der Waals surface area contributed by atoms with Crippen LogP contribution in [0.1, 0.15) is 84.6 Å². The monoisotopic (exact) mass is 403 g/mol. The number of hydrogen-bond acceptors (Lipinski definition) is 3. The molecule has 1 N–H and O–H groups in total. The molecule has 0 spiro atoms. The van der Waals surface area contributed by atoms with Crippen LogP contribution in [0.15, 0.2) is 23.1 Å². The van der Waals surface area contributed by atoms with Crippen molar-refractivity contribution in [1.29, 1.82) is 0 Å². The first-order valence-corrected chi connectivity index (χ1v) is 11.8. The van der Waals surface area contributed by atoms with E-state index in [9.17, 15) is 9.59 Å². The lowest BCUT2D eigenvalue weighted by atomic mass is 9.67. The molecule has 28 heavy (non-hydrogen) atoms. The molecule has 1 fully saturated rings. The van der Waals surface area contributed by atoms with Crippen molar-refractivity contribution >= 4 is 28.5 Å². The number of hydrogen-bond donors (Lipinski definition) is 1. The molecule has 0 unspecified atom stereocenters. The Labute approximate surface area is 175 Å². The Balaban J connectivity index is 2.26. The summed E-state index contributed by atoms with van der Waals surface area (Å²) in [4.78, 5) is 26.7. The molecular formula is C24H37NO2S. The maximum absolute atomic E-state index is 13.5. The quantitative estimate of drug-likeness (QED) is 0.476. The van der Waals surface area contributed by atoms with E-state index in [1.807, 2.05) is 39.0 Å². The fourth-order valence-electron chi connectivity index (χ4n) is 4.18. The Bertz CT molecular complexity index is 673. The lowest BCUT2D eigenvalue weighted by Gasteiger charge is -2.38. The molecule has 1 aliphatic carbocycles. The molecule has 3 nitrogen and oxygen atoms in total. The van der Waals surface area contributed by atoms with Gasteiger partial charge in [0.1, 0.15) is 0 Å². The summed E-state index contributed by atoms with van der Waals surface area (Å²) < 4.78 is 0. The molecule has 1 saturated carbocycles. The Morgan fingerprint density at radius 2 is 1.75 bits per heavy atom. The SMILES string of the molecule is CCC(CC)CC1(C(=O)Nc2ccc(C)cc2SC(=O)C(C)C)CCCCC1. The number of amides is 1. The normalized spacial score (nSPS) is 16.4. The maximum atomic E-state index is 13.5. The minimum absolute atomic E-state index is 0.0337. The van der Waals surface area contributed by atoms with Crippen LogP contribution in [0.3, 0.4) is 0 Å². The van der Waals surface area contributed by atoms with E-state index in [-0.39, 0.29) is 22.4 Å². The van der Waals surface area contributed by atoms with Crippen LogP contribution in [0, 0.1) is 24.2 Å². The highest BCUT2D eigenvalue weighted by molar-refractivity contribution is 8.13. The third kappa shape index (κ3) is 5.85. The summed E-state index contributed by atoms with van der Waals surface area (Å²) in [5, 5.41) is 3.36. The van der Waals surface area contributed by atoms with E-state index in [1.54, 1.807) is 0 Å². The largest absolute Gasteiger partial charge is 0.325 e. The van der Waals surface area contributed by atoms with Crippen molar-refractivity contribution in [3.8, 4) is 0 Å². The van der Waals surface area contributed by atoms with Gasteiger partial charge >= 0.3 is 0 Å². The van der Waals surface area contributed by atoms with Crippen molar-refractivity contribution in [3.05, 3.63) is 23.8 Å². The summed E-state index contributed by atoms with van der Waals surface area (Å²) in [5.41, 5.74) is 1.62. The molecule has 156 valence electrons.